The second kappa shape index (κ2) is 11.5. The molecule has 1 aromatic rings. The number of allylic oxidation sites excluding steroid dienone is 3. The number of hydrogen-bond acceptors (Lipinski definition) is 3. The molecule has 0 heterocycles. The van der Waals surface area contributed by atoms with Crippen LogP contribution >= 0.6 is 11.6 Å². The van der Waals surface area contributed by atoms with Gasteiger partial charge in [0, 0.05) is 24.6 Å². The van der Waals surface area contributed by atoms with Gasteiger partial charge in [0.25, 0.3) is 0 Å². The summed E-state index contributed by atoms with van der Waals surface area (Å²) in [7, 11) is 0. The van der Waals surface area contributed by atoms with Crippen LogP contribution in [0.5, 0.6) is 5.75 Å². The van der Waals surface area contributed by atoms with Gasteiger partial charge in [-0.1, -0.05) is 45.0 Å². The largest absolute Gasteiger partial charge is 0.508 e. The number of benzene rings is 1. The van der Waals surface area contributed by atoms with Crippen LogP contribution in [0.2, 0.25) is 0 Å². The normalized spacial score (nSPS) is 15.6. The number of aliphatic imine (C=N–C) groups is 2. The first-order valence-corrected chi connectivity index (χ1v) is 9.31. The fraction of sp³-hybridized carbons (Fsp3) is 0.364. The average molecular weight is 373 g/mol. The van der Waals surface area contributed by atoms with Crippen molar-refractivity contribution in [2.75, 3.05) is 6.54 Å². The van der Waals surface area contributed by atoms with Gasteiger partial charge in [0.05, 0.1) is 5.71 Å². The highest BCUT2D eigenvalue weighted by Gasteiger charge is 2.06. The van der Waals surface area contributed by atoms with Gasteiger partial charge >= 0.3 is 0 Å². The monoisotopic (exact) mass is 372 g/mol. The summed E-state index contributed by atoms with van der Waals surface area (Å²) in [5, 5.41) is 10.0. The first-order valence-electron chi connectivity index (χ1n) is 8.94. The van der Waals surface area contributed by atoms with E-state index in [9.17, 15) is 5.11 Å². The maximum absolute atomic E-state index is 9.43. The van der Waals surface area contributed by atoms with Crippen LogP contribution in [-0.4, -0.2) is 22.5 Å². The molecule has 0 saturated carbocycles. The molecular formula is C22H29ClN2O. The maximum Gasteiger partial charge on any atom is 0.115 e. The summed E-state index contributed by atoms with van der Waals surface area (Å²) in [5.74, 6) is 0.698. The summed E-state index contributed by atoms with van der Waals surface area (Å²) in [5.41, 5.74) is 2.81. The Morgan fingerprint density at radius 3 is 2.42 bits per heavy atom. The Hall–Kier alpha value is -2.13. The molecule has 2 atom stereocenters. The second-order valence-corrected chi connectivity index (χ2v) is 6.71. The molecule has 0 aliphatic heterocycles. The van der Waals surface area contributed by atoms with Crippen molar-refractivity contribution in [2.45, 2.75) is 34.1 Å². The summed E-state index contributed by atoms with van der Waals surface area (Å²) in [6, 6.07) is 7.05. The number of aromatic hydroxyl groups is 1. The molecule has 0 spiro atoms. The Morgan fingerprint density at radius 2 is 1.85 bits per heavy atom. The highest BCUT2D eigenvalue weighted by molar-refractivity contribution is 6.65. The van der Waals surface area contributed by atoms with E-state index in [4.69, 9.17) is 16.6 Å². The zero-order valence-corrected chi connectivity index (χ0v) is 16.9. The molecule has 140 valence electrons. The summed E-state index contributed by atoms with van der Waals surface area (Å²) < 4.78 is 0. The fourth-order valence-corrected chi connectivity index (χ4v) is 2.26. The molecule has 1 rings (SSSR count). The minimum atomic E-state index is 0.182. The van der Waals surface area contributed by atoms with E-state index in [1.165, 1.54) is 0 Å². The average Bonchev–Trinajstić information content (AvgIpc) is 2.64. The summed E-state index contributed by atoms with van der Waals surface area (Å²) in [6.45, 7) is 12.9. The number of halogens is 1. The predicted molar refractivity (Wildman–Crippen MR) is 115 cm³/mol. The Labute approximate surface area is 162 Å². The van der Waals surface area contributed by atoms with Crippen LogP contribution in [0.4, 0.5) is 0 Å². The van der Waals surface area contributed by atoms with Gasteiger partial charge in [0.1, 0.15) is 10.9 Å². The van der Waals surface area contributed by atoms with Crippen molar-refractivity contribution in [3.8, 4) is 5.75 Å². The highest BCUT2D eigenvalue weighted by atomic mass is 35.5. The van der Waals surface area contributed by atoms with Crippen LogP contribution in [-0.2, 0) is 0 Å². The number of phenols is 1. The van der Waals surface area contributed by atoms with E-state index < -0.39 is 0 Å². The van der Waals surface area contributed by atoms with Crippen LogP contribution < -0.4 is 0 Å². The molecule has 0 radical (unpaired) electrons. The molecule has 3 nitrogen and oxygen atoms in total. The molecule has 0 fully saturated rings. The highest BCUT2D eigenvalue weighted by Crippen LogP contribution is 2.15. The van der Waals surface area contributed by atoms with E-state index in [1.807, 2.05) is 37.3 Å². The number of phenolic OH excluding ortho intramolecular Hbond substituents is 1. The summed E-state index contributed by atoms with van der Waals surface area (Å²) in [6.07, 6.45) is 8.49. The van der Waals surface area contributed by atoms with E-state index in [1.54, 1.807) is 18.3 Å². The molecular weight excluding hydrogens is 344 g/mol. The Kier molecular flexibility index (Phi) is 9.67. The van der Waals surface area contributed by atoms with Gasteiger partial charge in [-0.05, 0) is 60.9 Å². The van der Waals surface area contributed by atoms with Crippen molar-refractivity contribution < 1.29 is 5.11 Å². The molecule has 0 amide bonds. The predicted octanol–water partition coefficient (Wildman–Crippen LogP) is 6.15. The molecule has 0 saturated heterocycles. The summed E-state index contributed by atoms with van der Waals surface area (Å²) in [4.78, 5) is 8.98. The standard InChI is InChI=1S/C22H29ClN2O/c1-6-8-21(19-9-11-20(26)12-10-19)25-15-18(5)17(4)13-14-24-22(23)16(3)7-2/h6,8-14,16,18,26H,4,7,15H2,1-3,5H3/b8-6-,14-13-,24-22?,25-21?/t16-,18-/m1/s1. The number of hydrogen-bond donors (Lipinski definition) is 1. The molecule has 4 heteroatoms. The van der Waals surface area contributed by atoms with Gasteiger partial charge in [-0.25, -0.2) is 4.99 Å². The molecule has 0 aliphatic carbocycles. The second-order valence-electron chi connectivity index (χ2n) is 6.33. The zero-order chi connectivity index (χ0) is 19.5. The van der Waals surface area contributed by atoms with E-state index in [0.29, 0.717) is 11.7 Å². The third-order valence-corrected chi connectivity index (χ3v) is 4.63. The molecule has 1 aromatic carbocycles. The third-order valence-electron chi connectivity index (χ3n) is 4.16. The molecule has 1 N–H and O–H groups in total. The Morgan fingerprint density at radius 1 is 1.19 bits per heavy atom. The zero-order valence-electron chi connectivity index (χ0n) is 16.1. The van der Waals surface area contributed by atoms with Crippen molar-refractivity contribution in [1.29, 1.82) is 0 Å². The van der Waals surface area contributed by atoms with E-state index >= 15 is 0 Å². The lowest BCUT2D eigenvalue weighted by Gasteiger charge is -2.10. The van der Waals surface area contributed by atoms with Gasteiger partial charge in [-0.3, -0.25) is 4.99 Å². The fourth-order valence-electron chi connectivity index (χ4n) is 2.05. The molecule has 0 aliphatic rings. The lowest BCUT2D eigenvalue weighted by atomic mass is 10.0. The number of nitrogens with zero attached hydrogens (tertiary/aromatic N) is 2. The lowest BCUT2D eigenvalue weighted by Crippen LogP contribution is -2.05. The quantitative estimate of drug-likeness (QED) is 0.410. The first-order chi connectivity index (χ1) is 12.4. The SMILES string of the molecule is C=C(/C=C\N=C(Cl)[C@H](C)CC)[C@H](C)CN=C(/C=C\C)c1ccc(O)cc1. The van der Waals surface area contributed by atoms with Crippen LogP contribution in [0.1, 0.15) is 39.7 Å². The topological polar surface area (TPSA) is 45.0 Å². The Bertz CT molecular complexity index is 699. The molecule has 0 unspecified atom stereocenters. The lowest BCUT2D eigenvalue weighted by molar-refractivity contribution is 0.475. The minimum Gasteiger partial charge on any atom is -0.508 e. The van der Waals surface area contributed by atoms with Crippen molar-refractivity contribution in [3.05, 3.63) is 66.4 Å². The van der Waals surface area contributed by atoms with Crippen molar-refractivity contribution in [3.63, 3.8) is 0 Å². The van der Waals surface area contributed by atoms with Gasteiger partial charge in [-0.15, -0.1) is 0 Å². The van der Waals surface area contributed by atoms with Crippen molar-refractivity contribution in [1.82, 2.24) is 0 Å². The van der Waals surface area contributed by atoms with Gasteiger partial charge in [0.2, 0.25) is 0 Å². The van der Waals surface area contributed by atoms with E-state index in [-0.39, 0.29) is 17.6 Å². The van der Waals surface area contributed by atoms with Crippen molar-refractivity contribution in [2.24, 2.45) is 21.8 Å². The van der Waals surface area contributed by atoms with Crippen LogP contribution in [0.15, 0.2) is 70.8 Å². The van der Waals surface area contributed by atoms with Crippen molar-refractivity contribution >= 4 is 22.5 Å². The summed E-state index contributed by atoms with van der Waals surface area (Å²) >= 11 is 6.13. The van der Waals surface area contributed by atoms with Crippen LogP contribution in [0.3, 0.4) is 0 Å². The smallest absolute Gasteiger partial charge is 0.115 e. The van der Waals surface area contributed by atoms with E-state index in [2.05, 4.69) is 32.3 Å². The van der Waals surface area contributed by atoms with E-state index in [0.717, 1.165) is 23.3 Å². The van der Waals surface area contributed by atoms with Gasteiger partial charge in [-0.2, -0.15) is 0 Å². The van der Waals surface area contributed by atoms with Crippen LogP contribution in [0.25, 0.3) is 0 Å². The third kappa shape index (κ3) is 7.40. The minimum absolute atomic E-state index is 0.182. The number of rotatable bonds is 9. The molecule has 0 aromatic heterocycles. The maximum atomic E-state index is 9.43. The van der Waals surface area contributed by atoms with Gasteiger partial charge in [0.15, 0.2) is 0 Å². The molecule has 26 heavy (non-hydrogen) atoms. The Balaban J connectivity index is 2.77. The molecule has 0 bridgehead atoms. The van der Waals surface area contributed by atoms with Gasteiger partial charge < -0.3 is 5.11 Å². The first kappa shape index (κ1) is 21.9. The van der Waals surface area contributed by atoms with Crippen LogP contribution in [0, 0.1) is 11.8 Å².